The number of furan rings is 1. The molecule has 2 saturated heterocycles. The van der Waals surface area contributed by atoms with Gasteiger partial charge in [-0.1, -0.05) is 0 Å². The van der Waals surface area contributed by atoms with E-state index < -0.39 is 0 Å². The quantitative estimate of drug-likeness (QED) is 0.833. The summed E-state index contributed by atoms with van der Waals surface area (Å²) in [6.45, 7) is 8.05. The van der Waals surface area contributed by atoms with Crippen molar-refractivity contribution in [3.05, 3.63) is 47.4 Å². The van der Waals surface area contributed by atoms with Crippen LogP contribution < -0.4 is 0 Å². The Morgan fingerprint density at radius 2 is 2.12 bits per heavy atom. The van der Waals surface area contributed by atoms with Crippen LogP contribution in [0.3, 0.4) is 0 Å². The fourth-order valence-electron chi connectivity index (χ4n) is 3.91. The summed E-state index contributed by atoms with van der Waals surface area (Å²) in [5.74, 6) is 1.83. The number of ether oxygens (including phenoxy) is 1. The Morgan fingerprint density at radius 3 is 2.88 bits per heavy atom. The van der Waals surface area contributed by atoms with Gasteiger partial charge >= 0.3 is 0 Å². The molecule has 2 aromatic rings. The van der Waals surface area contributed by atoms with Gasteiger partial charge in [-0.15, -0.1) is 0 Å². The summed E-state index contributed by atoms with van der Waals surface area (Å²) in [5.41, 5.74) is 1.29. The van der Waals surface area contributed by atoms with Crippen molar-refractivity contribution in [1.29, 1.82) is 0 Å². The molecule has 2 aliphatic rings. The molecule has 2 aromatic heterocycles. The largest absolute Gasteiger partial charge is 0.468 e. The lowest BCUT2D eigenvalue weighted by Crippen LogP contribution is -2.46. The molecule has 0 aliphatic carbocycles. The molecule has 7 heteroatoms. The minimum atomic E-state index is -0.0288. The van der Waals surface area contributed by atoms with Crippen molar-refractivity contribution in [2.75, 3.05) is 32.8 Å². The van der Waals surface area contributed by atoms with Gasteiger partial charge in [-0.05, 0) is 32.0 Å². The second-order valence-corrected chi connectivity index (χ2v) is 7.23. The van der Waals surface area contributed by atoms with Crippen LogP contribution in [-0.4, -0.2) is 64.6 Å². The molecule has 7 nitrogen and oxygen atoms in total. The van der Waals surface area contributed by atoms with E-state index in [0.29, 0.717) is 31.3 Å². The fourth-order valence-corrected chi connectivity index (χ4v) is 3.91. The summed E-state index contributed by atoms with van der Waals surface area (Å²) in [6, 6.07) is 5.69. The van der Waals surface area contributed by atoms with Gasteiger partial charge in [-0.25, -0.2) is 9.97 Å². The molecule has 0 spiro atoms. The maximum atomic E-state index is 13.2. The third kappa shape index (κ3) is 3.64. The zero-order chi connectivity index (χ0) is 18.1. The number of hydrogen-bond donors (Lipinski definition) is 0. The van der Waals surface area contributed by atoms with Gasteiger partial charge in [-0.3, -0.25) is 9.69 Å². The average Bonchev–Trinajstić information content (AvgIpc) is 2.92. The van der Waals surface area contributed by atoms with Crippen molar-refractivity contribution in [2.45, 2.75) is 26.4 Å². The van der Waals surface area contributed by atoms with Gasteiger partial charge in [0.05, 0.1) is 32.1 Å². The van der Waals surface area contributed by atoms with Crippen molar-refractivity contribution < 1.29 is 13.9 Å². The summed E-state index contributed by atoms with van der Waals surface area (Å²) in [5, 5.41) is 0. The second kappa shape index (κ2) is 7.17. The smallest absolute Gasteiger partial charge is 0.272 e. The van der Waals surface area contributed by atoms with Gasteiger partial charge in [0.1, 0.15) is 17.3 Å². The molecule has 2 atom stereocenters. The first-order chi connectivity index (χ1) is 12.6. The molecule has 4 rings (SSSR count). The third-order valence-electron chi connectivity index (χ3n) is 4.95. The van der Waals surface area contributed by atoms with E-state index in [1.54, 1.807) is 12.3 Å². The van der Waals surface area contributed by atoms with Crippen molar-refractivity contribution in [1.82, 2.24) is 19.8 Å². The first-order valence-electron chi connectivity index (χ1n) is 9.04. The summed E-state index contributed by atoms with van der Waals surface area (Å²) >= 11 is 0. The lowest BCUT2D eigenvalue weighted by molar-refractivity contribution is 0.0409. The van der Waals surface area contributed by atoms with Gasteiger partial charge in [0, 0.05) is 31.2 Å². The molecule has 1 amide bonds. The van der Waals surface area contributed by atoms with Gasteiger partial charge in [-0.2, -0.15) is 0 Å². The van der Waals surface area contributed by atoms with E-state index in [0.717, 1.165) is 31.1 Å². The Hall–Kier alpha value is -2.25. The number of carbonyl (C=O) groups excluding carboxylic acids is 1. The zero-order valence-electron chi connectivity index (χ0n) is 15.2. The Morgan fingerprint density at radius 1 is 1.23 bits per heavy atom. The summed E-state index contributed by atoms with van der Waals surface area (Å²) in [7, 11) is 0. The predicted octanol–water partition coefficient (Wildman–Crippen LogP) is 1.66. The molecule has 0 unspecified atom stereocenters. The standard InChI is InChI=1S/C19H24N4O3/c1-13-6-18(21-14(2)20-13)19(24)23-8-15-7-22(9-16(23)12-25-11-15)10-17-4-3-5-26-17/h3-6,15-16H,7-12H2,1-2H3/t15-,16-/m0/s1. The van der Waals surface area contributed by atoms with Gasteiger partial charge < -0.3 is 14.1 Å². The maximum absolute atomic E-state index is 13.2. The topological polar surface area (TPSA) is 71.7 Å². The normalized spacial score (nSPS) is 23.7. The molecular weight excluding hydrogens is 332 g/mol. The SMILES string of the molecule is Cc1cc(C(=O)N2C[C@H]3COC[C@@H]2CN(Cc2ccco2)C3)nc(C)n1. The molecule has 0 saturated carbocycles. The first-order valence-corrected chi connectivity index (χ1v) is 9.04. The van der Waals surface area contributed by atoms with Crippen LogP contribution in [0, 0.1) is 19.8 Å². The highest BCUT2D eigenvalue weighted by Crippen LogP contribution is 2.23. The highest BCUT2D eigenvalue weighted by atomic mass is 16.5. The molecule has 0 N–H and O–H groups in total. The van der Waals surface area contributed by atoms with Gasteiger partial charge in [0.2, 0.25) is 0 Å². The molecule has 0 radical (unpaired) electrons. The number of rotatable bonds is 3. The summed E-state index contributed by atoms with van der Waals surface area (Å²) in [6.07, 6.45) is 1.70. The van der Waals surface area contributed by atoms with Crippen molar-refractivity contribution in [3.63, 3.8) is 0 Å². The van der Waals surface area contributed by atoms with Crippen LogP contribution in [0.2, 0.25) is 0 Å². The lowest BCUT2D eigenvalue weighted by Gasteiger charge is -2.30. The number of nitrogens with zero attached hydrogens (tertiary/aromatic N) is 4. The number of hydrogen-bond acceptors (Lipinski definition) is 6. The maximum Gasteiger partial charge on any atom is 0.272 e. The van der Waals surface area contributed by atoms with E-state index in [2.05, 4.69) is 14.9 Å². The molecule has 4 heterocycles. The monoisotopic (exact) mass is 356 g/mol. The van der Waals surface area contributed by atoms with Crippen LogP contribution in [0.1, 0.15) is 27.8 Å². The van der Waals surface area contributed by atoms with Crippen molar-refractivity contribution >= 4 is 5.91 Å². The predicted molar refractivity (Wildman–Crippen MR) is 94.6 cm³/mol. The Balaban J connectivity index is 1.56. The van der Waals surface area contributed by atoms with E-state index in [1.165, 1.54) is 0 Å². The Kier molecular flexibility index (Phi) is 4.74. The number of fused-ring (bicyclic) bond motifs is 3. The lowest BCUT2D eigenvalue weighted by atomic mass is 10.1. The molecule has 2 aliphatic heterocycles. The highest BCUT2D eigenvalue weighted by Gasteiger charge is 2.36. The van der Waals surface area contributed by atoms with Crippen LogP contribution in [0.4, 0.5) is 0 Å². The second-order valence-electron chi connectivity index (χ2n) is 7.23. The van der Waals surface area contributed by atoms with E-state index >= 15 is 0 Å². The van der Waals surface area contributed by atoms with Crippen LogP contribution >= 0.6 is 0 Å². The molecule has 138 valence electrons. The first kappa shape index (κ1) is 17.2. The molecule has 26 heavy (non-hydrogen) atoms. The number of aryl methyl sites for hydroxylation is 2. The zero-order valence-corrected chi connectivity index (χ0v) is 15.2. The number of aromatic nitrogens is 2. The van der Waals surface area contributed by atoms with E-state index in [9.17, 15) is 4.79 Å². The van der Waals surface area contributed by atoms with E-state index in [4.69, 9.17) is 9.15 Å². The Bertz CT molecular complexity index is 757. The van der Waals surface area contributed by atoms with Crippen molar-refractivity contribution in [3.8, 4) is 0 Å². The minimum absolute atomic E-state index is 0.0144. The van der Waals surface area contributed by atoms with Crippen molar-refractivity contribution in [2.24, 2.45) is 5.92 Å². The Labute approximate surface area is 153 Å². The van der Waals surface area contributed by atoms with Crippen LogP contribution in [-0.2, 0) is 11.3 Å². The van der Waals surface area contributed by atoms with Gasteiger partial charge in [0.25, 0.3) is 5.91 Å². The minimum Gasteiger partial charge on any atom is -0.468 e. The molecule has 2 fully saturated rings. The molecular formula is C19H24N4O3. The summed E-state index contributed by atoms with van der Waals surface area (Å²) < 4.78 is 11.3. The molecule has 2 bridgehead atoms. The van der Waals surface area contributed by atoms with E-state index in [-0.39, 0.29) is 17.9 Å². The highest BCUT2D eigenvalue weighted by molar-refractivity contribution is 5.92. The number of carbonyl (C=O) groups is 1. The van der Waals surface area contributed by atoms with Crippen LogP contribution in [0.15, 0.2) is 28.9 Å². The van der Waals surface area contributed by atoms with Gasteiger partial charge in [0.15, 0.2) is 0 Å². The third-order valence-corrected chi connectivity index (χ3v) is 4.95. The number of amides is 1. The van der Waals surface area contributed by atoms with Crippen LogP contribution in [0.25, 0.3) is 0 Å². The van der Waals surface area contributed by atoms with E-state index in [1.807, 2.05) is 30.9 Å². The summed E-state index contributed by atoms with van der Waals surface area (Å²) in [4.78, 5) is 26.1. The van der Waals surface area contributed by atoms with Crippen LogP contribution in [0.5, 0.6) is 0 Å². The average molecular weight is 356 g/mol. The fraction of sp³-hybridized carbons (Fsp3) is 0.526. The molecule has 0 aromatic carbocycles.